The molecule has 2 nitrogen and oxygen atoms in total. The zero-order valence-corrected chi connectivity index (χ0v) is 9.34. The second-order valence-corrected chi connectivity index (χ2v) is 4.30. The van der Waals surface area contributed by atoms with Crippen molar-refractivity contribution in [1.82, 2.24) is 0 Å². The zero-order chi connectivity index (χ0) is 12.7. The maximum absolute atomic E-state index is 12.6. The Morgan fingerprint density at radius 2 is 1.94 bits per heavy atom. The van der Waals surface area contributed by atoms with Crippen molar-refractivity contribution in [1.29, 1.82) is 0 Å². The summed E-state index contributed by atoms with van der Waals surface area (Å²) in [5.41, 5.74) is -1.68. The van der Waals surface area contributed by atoms with Crippen molar-refractivity contribution in [2.24, 2.45) is 0 Å². The van der Waals surface area contributed by atoms with Crippen LogP contribution in [0.2, 0.25) is 0 Å². The van der Waals surface area contributed by atoms with Crippen LogP contribution < -0.4 is 4.74 Å². The number of halogens is 3. The number of hydrogen-bond acceptors (Lipinski definition) is 2. The minimum Gasteiger partial charge on any atom is -0.496 e. The molecular weight excluding hydrogens is 233 g/mol. The lowest BCUT2D eigenvalue weighted by Gasteiger charge is -2.38. The minimum absolute atomic E-state index is 0.237. The lowest BCUT2D eigenvalue weighted by molar-refractivity contribution is -0.137. The van der Waals surface area contributed by atoms with Crippen molar-refractivity contribution < 1.29 is 23.0 Å². The van der Waals surface area contributed by atoms with Crippen molar-refractivity contribution in [3.63, 3.8) is 0 Å². The van der Waals surface area contributed by atoms with Gasteiger partial charge in [-0.3, -0.25) is 0 Å². The number of aliphatic hydroxyl groups is 1. The van der Waals surface area contributed by atoms with Crippen LogP contribution in [0.15, 0.2) is 18.2 Å². The molecule has 0 radical (unpaired) electrons. The van der Waals surface area contributed by atoms with Crippen LogP contribution in [0, 0.1) is 0 Å². The quantitative estimate of drug-likeness (QED) is 0.868. The third-order valence-electron chi connectivity index (χ3n) is 3.21. The lowest BCUT2D eigenvalue weighted by atomic mass is 9.74. The molecule has 0 aromatic heterocycles. The summed E-state index contributed by atoms with van der Waals surface area (Å²) in [5.74, 6) is 0.306. The molecule has 0 amide bonds. The largest absolute Gasteiger partial charge is 0.496 e. The van der Waals surface area contributed by atoms with Gasteiger partial charge in [-0.1, -0.05) is 0 Å². The van der Waals surface area contributed by atoms with Crippen LogP contribution in [0.3, 0.4) is 0 Å². The molecule has 1 aromatic carbocycles. The van der Waals surface area contributed by atoms with Gasteiger partial charge in [-0.2, -0.15) is 13.2 Å². The smallest absolute Gasteiger partial charge is 0.416 e. The number of ether oxygens (including phenoxy) is 1. The van der Waals surface area contributed by atoms with E-state index in [0.717, 1.165) is 18.6 Å². The van der Waals surface area contributed by atoms with Gasteiger partial charge in [0.05, 0.1) is 18.3 Å². The first-order chi connectivity index (χ1) is 7.87. The van der Waals surface area contributed by atoms with E-state index < -0.39 is 17.3 Å². The first-order valence-electron chi connectivity index (χ1n) is 5.35. The summed E-state index contributed by atoms with van der Waals surface area (Å²) in [7, 11) is 1.38. The number of benzene rings is 1. The monoisotopic (exact) mass is 246 g/mol. The van der Waals surface area contributed by atoms with Crippen LogP contribution in [-0.2, 0) is 11.8 Å². The van der Waals surface area contributed by atoms with Crippen molar-refractivity contribution in [3.8, 4) is 5.75 Å². The van der Waals surface area contributed by atoms with Gasteiger partial charge in [0.1, 0.15) is 5.75 Å². The molecular formula is C12H13F3O2. The number of alkyl halides is 3. The highest BCUT2D eigenvalue weighted by molar-refractivity contribution is 5.43. The zero-order valence-electron chi connectivity index (χ0n) is 9.34. The Labute approximate surface area is 97.0 Å². The molecule has 0 heterocycles. The molecule has 0 aliphatic heterocycles. The van der Waals surface area contributed by atoms with Gasteiger partial charge in [0.25, 0.3) is 0 Å². The summed E-state index contributed by atoms with van der Waals surface area (Å²) < 4.78 is 42.8. The Balaban J connectivity index is 2.47. The fourth-order valence-corrected chi connectivity index (χ4v) is 2.03. The maximum Gasteiger partial charge on any atom is 0.416 e. The summed E-state index contributed by atoms with van der Waals surface area (Å²) in [6.07, 6.45) is -2.63. The highest BCUT2D eigenvalue weighted by Crippen LogP contribution is 2.46. The Morgan fingerprint density at radius 1 is 1.29 bits per heavy atom. The van der Waals surface area contributed by atoms with Crippen molar-refractivity contribution in [2.45, 2.75) is 31.0 Å². The van der Waals surface area contributed by atoms with E-state index in [1.165, 1.54) is 13.2 Å². The number of hydrogen-bond donors (Lipinski definition) is 1. The van der Waals surface area contributed by atoms with E-state index in [2.05, 4.69) is 0 Å². The van der Waals surface area contributed by atoms with E-state index in [9.17, 15) is 18.3 Å². The first kappa shape index (κ1) is 12.2. The van der Waals surface area contributed by atoms with Crippen LogP contribution in [0.5, 0.6) is 5.75 Å². The molecule has 0 bridgehead atoms. The highest BCUT2D eigenvalue weighted by atomic mass is 19.4. The molecule has 1 aliphatic rings. The molecule has 17 heavy (non-hydrogen) atoms. The predicted octanol–water partition coefficient (Wildman–Crippen LogP) is 3.09. The average Bonchev–Trinajstić information content (AvgIpc) is 2.23. The molecule has 1 N–H and O–H groups in total. The normalized spacial score (nSPS) is 18.6. The Bertz CT molecular complexity index is 422. The van der Waals surface area contributed by atoms with E-state index in [4.69, 9.17) is 4.74 Å². The van der Waals surface area contributed by atoms with Gasteiger partial charge in [0, 0.05) is 5.56 Å². The van der Waals surface area contributed by atoms with Crippen molar-refractivity contribution in [2.75, 3.05) is 7.11 Å². The third kappa shape index (κ3) is 2.11. The molecule has 1 aliphatic carbocycles. The van der Waals surface area contributed by atoms with Gasteiger partial charge in [-0.15, -0.1) is 0 Å². The average molecular weight is 246 g/mol. The number of rotatable bonds is 2. The topological polar surface area (TPSA) is 29.5 Å². The summed E-state index contributed by atoms with van der Waals surface area (Å²) in [6.45, 7) is 0. The van der Waals surface area contributed by atoms with Gasteiger partial charge in [-0.25, -0.2) is 0 Å². The SMILES string of the molecule is COc1ccc(C(F)(F)F)cc1C1(O)CCC1. The van der Waals surface area contributed by atoms with Gasteiger partial charge < -0.3 is 9.84 Å². The van der Waals surface area contributed by atoms with E-state index >= 15 is 0 Å². The highest BCUT2D eigenvalue weighted by Gasteiger charge is 2.40. The molecule has 1 fully saturated rings. The molecule has 1 aromatic rings. The third-order valence-corrected chi connectivity index (χ3v) is 3.21. The summed E-state index contributed by atoms with van der Waals surface area (Å²) in [4.78, 5) is 0. The molecule has 0 atom stereocenters. The molecule has 2 rings (SSSR count). The van der Waals surface area contributed by atoms with E-state index in [0.29, 0.717) is 18.6 Å². The number of methoxy groups -OCH3 is 1. The van der Waals surface area contributed by atoms with Gasteiger partial charge in [-0.05, 0) is 37.5 Å². The Morgan fingerprint density at radius 3 is 2.35 bits per heavy atom. The first-order valence-corrected chi connectivity index (χ1v) is 5.35. The fraction of sp³-hybridized carbons (Fsp3) is 0.500. The predicted molar refractivity (Wildman–Crippen MR) is 55.7 cm³/mol. The van der Waals surface area contributed by atoms with Gasteiger partial charge >= 0.3 is 6.18 Å². The molecule has 0 spiro atoms. The second kappa shape index (κ2) is 3.91. The van der Waals surface area contributed by atoms with Crippen LogP contribution in [0.25, 0.3) is 0 Å². The summed E-state index contributed by atoms with van der Waals surface area (Å²) in [5, 5.41) is 10.1. The van der Waals surface area contributed by atoms with Gasteiger partial charge in [0.15, 0.2) is 0 Å². The van der Waals surface area contributed by atoms with Crippen molar-refractivity contribution >= 4 is 0 Å². The minimum atomic E-state index is -4.40. The molecule has 1 saturated carbocycles. The summed E-state index contributed by atoms with van der Waals surface area (Å²) >= 11 is 0. The van der Waals surface area contributed by atoms with Crippen LogP contribution in [-0.4, -0.2) is 12.2 Å². The van der Waals surface area contributed by atoms with E-state index in [1.807, 2.05) is 0 Å². The Hall–Kier alpha value is -1.23. The molecule has 0 saturated heterocycles. The standard InChI is InChI=1S/C12H13F3O2/c1-17-10-4-3-8(12(13,14)15)7-9(10)11(16)5-2-6-11/h3-4,7,16H,2,5-6H2,1H3. The van der Waals surface area contributed by atoms with Crippen molar-refractivity contribution in [3.05, 3.63) is 29.3 Å². The van der Waals surface area contributed by atoms with E-state index in [1.54, 1.807) is 0 Å². The summed E-state index contributed by atoms with van der Waals surface area (Å²) in [6, 6.07) is 3.21. The molecule has 94 valence electrons. The van der Waals surface area contributed by atoms with Crippen LogP contribution in [0.1, 0.15) is 30.4 Å². The molecule has 5 heteroatoms. The van der Waals surface area contributed by atoms with Crippen LogP contribution >= 0.6 is 0 Å². The van der Waals surface area contributed by atoms with E-state index in [-0.39, 0.29) is 5.56 Å². The van der Waals surface area contributed by atoms with Crippen LogP contribution in [0.4, 0.5) is 13.2 Å². The fourth-order valence-electron chi connectivity index (χ4n) is 2.03. The Kier molecular flexibility index (Phi) is 2.81. The lowest BCUT2D eigenvalue weighted by Crippen LogP contribution is -2.34. The second-order valence-electron chi connectivity index (χ2n) is 4.30. The maximum atomic E-state index is 12.6. The van der Waals surface area contributed by atoms with Gasteiger partial charge in [0.2, 0.25) is 0 Å². The molecule has 0 unspecified atom stereocenters.